The van der Waals surface area contributed by atoms with Gasteiger partial charge in [-0.25, -0.2) is 0 Å². The highest BCUT2D eigenvalue weighted by molar-refractivity contribution is 7.87. The summed E-state index contributed by atoms with van der Waals surface area (Å²) in [6.07, 6.45) is 0. The Morgan fingerprint density at radius 2 is 1.69 bits per heavy atom. The highest BCUT2D eigenvalue weighted by atomic mass is 32.2. The van der Waals surface area contributed by atoms with Gasteiger partial charge in [-0.1, -0.05) is 30.3 Å². The van der Waals surface area contributed by atoms with Gasteiger partial charge in [0.1, 0.15) is 4.90 Å². The Hall–Kier alpha value is -1.88. The minimum absolute atomic E-state index is 0.0294. The van der Waals surface area contributed by atoms with Crippen LogP contribution in [-0.2, 0) is 19.1 Å². The summed E-state index contributed by atoms with van der Waals surface area (Å²) in [7, 11) is -3.97. The second-order valence-corrected chi connectivity index (χ2v) is 4.73. The van der Waals surface area contributed by atoms with Crippen molar-refractivity contribution >= 4 is 27.4 Å². The van der Waals surface area contributed by atoms with Gasteiger partial charge in [0.25, 0.3) is 0 Å². The van der Waals surface area contributed by atoms with E-state index in [1.54, 1.807) is 18.2 Å². The standard InChI is InChI=1S/C11H8O4S/c12-8-15-16(13,14)11-6-5-9-3-1-2-4-10(9)7-11/h1-8H. The zero-order valence-corrected chi connectivity index (χ0v) is 8.98. The molecule has 0 amide bonds. The van der Waals surface area contributed by atoms with Crippen LogP contribution in [0, 0.1) is 0 Å². The molecule has 0 unspecified atom stereocenters. The average molecular weight is 236 g/mol. The molecular weight excluding hydrogens is 228 g/mol. The number of hydrogen-bond donors (Lipinski definition) is 0. The van der Waals surface area contributed by atoms with Crippen LogP contribution >= 0.6 is 0 Å². The van der Waals surface area contributed by atoms with Crippen molar-refractivity contribution in [2.24, 2.45) is 0 Å². The van der Waals surface area contributed by atoms with Crippen molar-refractivity contribution in [2.75, 3.05) is 0 Å². The fourth-order valence-corrected chi connectivity index (χ4v) is 2.15. The largest absolute Gasteiger partial charge is 0.345 e. The van der Waals surface area contributed by atoms with Crippen molar-refractivity contribution in [3.63, 3.8) is 0 Å². The third-order valence-electron chi connectivity index (χ3n) is 2.18. The number of carbonyl (C=O) groups excluding carboxylic acids is 1. The topological polar surface area (TPSA) is 60.4 Å². The number of rotatable bonds is 3. The van der Waals surface area contributed by atoms with Crippen LogP contribution in [0.3, 0.4) is 0 Å². The van der Waals surface area contributed by atoms with Crippen LogP contribution in [0.5, 0.6) is 0 Å². The van der Waals surface area contributed by atoms with E-state index in [9.17, 15) is 13.2 Å². The number of benzene rings is 2. The molecule has 0 aliphatic rings. The molecule has 0 atom stereocenters. The predicted octanol–water partition coefficient (Wildman–Crippen LogP) is 1.70. The van der Waals surface area contributed by atoms with Gasteiger partial charge in [-0.15, -0.1) is 0 Å². The van der Waals surface area contributed by atoms with Gasteiger partial charge in [0.2, 0.25) is 0 Å². The first-order chi connectivity index (χ1) is 7.63. The van der Waals surface area contributed by atoms with Crippen LogP contribution in [0.25, 0.3) is 10.8 Å². The first-order valence-electron chi connectivity index (χ1n) is 4.49. The molecule has 0 spiro atoms. The van der Waals surface area contributed by atoms with E-state index in [-0.39, 0.29) is 11.4 Å². The maximum absolute atomic E-state index is 11.4. The van der Waals surface area contributed by atoms with Crippen LogP contribution in [0.15, 0.2) is 47.4 Å². The molecule has 2 aromatic rings. The molecule has 4 nitrogen and oxygen atoms in total. The van der Waals surface area contributed by atoms with Gasteiger partial charge in [0, 0.05) is 0 Å². The molecule has 2 rings (SSSR count). The smallest absolute Gasteiger partial charge is 0.341 e. The first kappa shape index (κ1) is 10.6. The second-order valence-electron chi connectivity index (χ2n) is 3.16. The van der Waals surface area contributed by atoms with Gasteiger partial charge in [-0.2, -0.15) is 8.42 Å². The lowest BCUT2D eigenvalue weighted by molar-refractivity contribution is -0.120. The molecule has 0 N–H and O–H groups in total. The van der Waals surface area contributed by atoms with Gasteiger partial charge in [-0.3, -0.25) is 4.79 Å². The van der Waals surface area contributed by atoms with Crippen molar-refractivity contribution in [3.8, 4) is 0 Å². The molecule has 82 valence electrons. The zero-order chi connectivity index (χ0) is 11.6. The van der Waals surface area contributed by atoms with E-state index in [1.807, 2.05) is 12.1 Å². The van der Waals surface area contributed by atoms with E-state index in [0.29, 0.717) is 0 Å². The van der Waals surface area contributed by atoms with E-state index >= 15 is 0 Å². The lowest BCUT2D eigenvalue weighted by atomic mass is 10.1. The molecule has 0 aliphatic carbocycles. The van der Waals surface area contributed by atoms with Gasteiger partial charge < -0.3 is 4.18 Å². The summed E-state index contributed by atoms with van der Waals surface area (Å²) in [4.78, 5) is 10.0. The summed E-state index contributed by atoms with van der Waals surface area (Å²) >= 11 is 0. The van der Waals surface area contributed by atoms with Gasteiger partial charge in [-0.05, 0) is 22.9 Å². The molecule has 0 radical (unpaired) electrons. The van der Waals surface area contributed by atoms with E-state index in [4.69, 9.17) is 0 Å². The molecule has 2 aromatic carbocycles. The monoisotopic (exact) mass is 236 g/mol. The molecule has 0 heterocycles. The molecular formula is C11H8O4S. The van der Waals surface area contributed by atoms with Gasteiger partial charge in [0.15, 0.2) is 0 Å². The van der Waals surface area contributed by atoms with Crippen molar-refractivity contribution < 1.29 is 17.4 Å². The fraction of sp³-hybridized carbons (Fsp3) is 0. The highest BCUT2D eigenvalue weighted by Crippen LogP contribution is 2.19. The molecule has 0 saturated heterocycles. The minimum Gasteiger partial charge on any atom is -0.345 e. The summed E-state index contributed by atoms with van der Waals surface area (Å²) < 4.78 is 26.9. The fourth-order valence-electron chi connectivity index (χ4n) is 1.43. The first-order valence-corrected chi connectivity index (χ1v) is 5.90. The number of carbonyl (C=O) groups is 1. The average Bonchev–Trinajstić information content (AvgIpc) is 2.28. The lowest BCUT2D eigenvalue weighted by Crippen LogP contribution is -2.04. The predicted molar refractivity (Wildman–Crippen MR) is 58.3 cm³/mol. The Morgan fingerprint density at radius 3 is 2.38 bits per heavy atom. The van der Waals surface area contributed by atoms with E-state index < -0.39 is 10.1 Å². The Kier molecular flexibility index (Phi) is 2.62. The third-order valence-corrected chi connectivity index (χ3v) is 3.34. The van der Waals surface area contributed by atoms with Gasteiger partial charge >= 0.3 is 16.6 Å². The van der Waals surface area contributed by atoms with E-state index in [0.717, 1.165) is 10.8 Å². The third kappa shape index (κ3) is 1.90. The summed E-state index contributed by atoms with van der Waals surface area (Å²) in [6, 6.07) is 11.9. The van der Waals surface area contributed by atoms with E-state index in [1.165, 1.54) is 12.1 Å². The normalized spacial score (nSPS) is 11.2. The zero-order valence-electron chi connectivity index (χ0n) is 8.16. The lowest BCUT2D eigenvalue weighted by Gasteiger charge is -2.02. The van der Waals surface area contributed by atoms with E-state index in [2.05, 4.69) is 4.18 Å². The molecule has 0 aromatic heterocycles. The van der Waals surface area contributed by atoms with Gasteiger partial charge in [0.05, 0.1) is 0 Å². The maximum atomic E-state index is 11.4. The summed E-state index contributed by atoms with van der Waals surface area (Å²) in [5, 5.41) is 1.70. The highest BCUT2D eigenvalue weighted by Gasteiger charge is 2.14. The van der Waals surface area contributed by atoms with Crippen molar-refractivity contribution in [2.45, 2.75) is 4.90 Å². The van der Waals surface area contributed by atoms with Crippen LogP contribution in [-0.4, -0.2) is 14.9 Å². The Bertz CT molecular complexity index is 631. The molecule has 0 saturated carbocycles. The quantitative estimate of drug-likeness (QED) is 0.601. The molecule has 0 aliphatic heterocycles. The Morgan fingerprint density at radius 1 is 1.00 bits per heavy atom. The molecule has 16 heavy (non-hydrogen) atoms. The SMILES string of the molecule is O=COS(=O)(=O)c1ccc2ccccc2c1. The van der Waals surface area contributed by atoms with Crippen LogP contribution < -0.4 is 0 Å². The van der Waals surface area contributed by atoms with Crippen molar-refractivity contribution in [1.82, 2.24) is 0 Å². The summed E-state index contributed by atoms with van der Waals surface area (Å²) in [5.74, 6) is 0. The van der Waals surface area contributed by atoms with Crippen LogP contribution in [0.2, 0.25) is 0 Å². The molecule has 0 fully saturated rings. The molecule has 0 bridgehead atoms. The molecule has 5 heteroatoms. The van der Waals surface area contributed by atoms with Crippen molar-refractivity contribution in [3.05, 3.63) is 42.5 Å². The second kappa shape index (κ2) is 3.94. The summed E-state index contributed by atoms with van der Waals surface area (Å²) in [6.45, 7) is -0.0927. The Labute approximate surface area is 92.6 Å². The van der Waals surface area contributed by atoms with Crippen molar-refractivity contribution in [1.29, 1.82) is 0 Å². The van der Waals surface area contributed by atoms with Crippen LogP contribution in [0.1, 0.15) is 0 Å². The minimum atomic E-state index is -3.97. The maximum Gasteiger partial charge on any atom is 0.341 e. The summed E-state index contributed by atoms with van der Waals surface area (Å²) in [5.41, 5.74) is 0. The Balaban J connectivity index is 2.59. The van der Waals surface area contributed by atoms with Crippen LogP contribution in [0.4, 0.5) is 0 Å². The number of fused-ring (bicyclic) bond motifs is 1. The number of hydrogen-bond acceptors (Lipinski definition) is 4.